The van der Waals surface area contributed by atoms with Crippen molar-refractivity contribution in [2.45, 2.75) is 26.3 Å². The number of aryl methyl sites for hydroxylation is 1. The molecule has 0 spiro atoms. The lowest BCUT2D eigenvalue weighted by Crippen LogP contribution is -2.34. The molecule has 3 rings (SSSR count). The summed E-state index contributed by atoms with van der Waals surface area (Å²) in [5.41, 5.74) is 0.996. The van der Waals surface area contributed by atoms with Gasteiger partial charge in [0.15, 0.2) is 0 Å². The van der Waals surface area contributed by atoms with Gasteiger partial charge in [0, 0.05) is 31.0 Å². The van der Waals surface area contributed by atoms with Crippen LogP contribution in [0.25, 0.3) is 0 Å². The Hall–Kier alpha value is -3.10. The summed E-state index contributed by atoms with van der Waals surface area (Å²) >= 11 is 0. The molecule has 136 valence electrons. The third kappa shape index (κ3) is 3.61. The molecule has 0 fully saturated rings. The molecule has 7 nitrogen and oxygen atoms in total. The Morgan fingerprint density at radius 1 is 1.31 bits per heavy atom. The number of benzene rings is 1. The zero-order valence-corrected chi connectivity index (χ0v) is 14.3. The van der Waals surface area contributed by atoms with Gasteiger partial charge in [-0.15, -0.1) is 0 Å². The molecule has 2 aromatic rings. The first kappa shape index (κ1) is 17.7. The second-order valence-corrected chi connectivity index (χ2v) is 5.99. The molecule has 0 radical (unpaired) electrons. The van der Waals surface area contributed by atoms with Gasteiger partial charge in [0.2, 0.25) is 5.91 Å². The maximum Gasteiger partial charge on any atom is 0.273 e. The van der Waals surface area contributed by atoms with Crippen molar-refractivity contribution in [1.29, 1.82) is 0 Å². The predicted molar refractivity (Wildman–Crippen MR) is 90.5 cm³/mol. The van der Waals surface area contributed by atoms with Crippen molar-refractivity contribution in [3.05, 3.63) is 47.2 Å². The van der Waals surface area contributed by atoms with Crippen LogP contribution < -0.4 is 5.32 Å². The molecular weight excluding hydrogens is 344 g/mol. The third-order valence-electron chi connectivity index (χ3n) is 4.05. The second kappa shape index (κ2) is 7.03. The van der Waals surface area contributed by atoms with Gasteiger partial charge in [-0.05, 0) is 25.1 Å². The highest BCUT2D eigenvalue weighted by atomic mass is 19.1. The molecule has 1 N–H and O–H groups in total. The van der Waals surface area contributed by atoms with E-state index in [4.69, 9.17) is 0 Å². The van der Waals surface area contributed by atoms with Crippen LogP contribution in [0.15, 0.2) is 29.5 Å². The summed E-state index contributed by atoms with van der Waals surface area (Å²) in [6, 6.07) is 3.17. The van der Waals surface area contributed by atoms with E-state index in [1.807, 2.05) is 0 Å². The first-order valence-corrected chi connectivity index (χ1v) is 7.97. The SMILES string of the molecule is Cc1cnn(Cc2cc(F)ccc2F)c1NC(=O)C1=NN(C)C(=O)CC1. The number of carbonyl (C=O) groups excluding carboxylic acids is 2. The highest BCUT2D eigenvalue weighted by Gasteiger charge is 2.23. The average Bonchev–Trinajstić information content (AvgIpc) is 2.93. The number of hydrazone groups is 1. The third-order valence-corrected chi connectivity index (χ3v) is 4.05. The molecule has 0 aliphatic carbocycles. The van der Waals surface area contributed by atoms with E-state index in [9.17, 15) is 18.4 Å². The summed E-state index contributed by atoms with van der Waals surface area (Å²) in [4.78, 5) is 23.9. The molecule has 1 aliphatic rings. The zero-order valence-electron chi connectivity index (χ0n) is 14.3. The van der Waals surface area contributed by atoms with Crippen LogP contribution in [0.5, 0.6) is 0 Å². The molecule has 9 heteroatoms. The van der Waals surface area contributed by atoms with Crippen LogP contribution in [-0.4, -0.2) is 39.4 Å². The summed E-state index contributed by atoms with van der Waals surface area (Å²) in [6.07, 6.45) is 1.96. The number of aromatic nitrogens is 2. The fourth-order valence-corrected chi connectivity index (χ4v) is 2.60. The Morgan fingerprint density at radius 2 is 2.08 bits per heavy atom. The van der Waals surface area contributed by atoms with Crippen LogP contribution >= 0.6 is 0 Å². The number of amides is 2. The Balaban J connectivity index is 1.82. The molecule has 1 aliphatic heterocycles. The smallest absolute Gasteiger partial charge is 0.273 e. The molecule has 0 atom stereocenters. The number of anilines is 1. The van der Waals surface area contributed by atoms with E-state index in [0.29, 0.717) is 11.4 Å². The van der Waals surface area contributed by atoms with Crippen LogP contribution in [0, 0.1) is 18.6 Å². The van der Waals surface area contributed by atoms with E-state index < -0.39 is 17.5 Å². The Bertz CT molecular complexity index is 907. The van der Waals surface area contributed by atoms with Gasteiger partial charge >= 0.3 is 0 Å². The lowest BCUT2D eigenvalue weighted by molar-refractivity contribution is -0.130. The molecule has 2 amide bonds. The number of nitrogens with one attached hydrogen (secondary N) is 1. The molecule has 1 aromatic carbocycles. The van der Waals surface area contributed by atoms with Crippen molar-refractivity contribution in [3.63, 3.8) is 0 Å². The van der Waals surface area contributed by atoms with E-state index >= 15 is 0 Å². The van der Waals surface area contributed by atoms with Crippen molar-refractivity contribution < 1.29 is 18.4 Å². The predicted octanol–water partition coefficient (Wildman–Crippen LogP) is 2.06. The first-order chi connectivity index (χ1) is 12.3. The molecule has 2 heterocycles. The molecule has 0 saturated carbocycles. The van der Waals surface area contributed by atoms with E-state index in [1.54, 1.807) is 6.92 Å². The van der Waals surface area contributed by atoms with Crippen LogP contribution in [-0.2, 0) is 16.1 Å². The van der Waals surface area contributed by atoms with Gasteiger partial charge in [0.25, 0.3) is 5.91 Å². The zero-order chi connectivity index (χ0) is 18.8. The number of nitrogens with zero attached hydrogens (tertiary/aromatic N) is 4. The van der Waals surface area contributed by atoms with Crippen molar-refractivity contribution in [2.75, 3.05) is 12.4 Å². The number of halogens is 2. The lowest BCUT2D eigenvalue weighted by Gasteiger charge is -2.19. The lowest BCUT2D eigenvalue weighted by atomic mass is 10.1. The maximum atomic E-state index is 13.9. The highest BCUT2D eigenvalue weighted by molar-refractivity contribution is 6.43. The van der Waals surface area contributed by atoms with Crippen molar-refractivity contribution >= 4 is 23.3 Å². The number of hydrogen-bond acceptors (Lipinski definition) is 4. The Kier molecular flexibility index (Phi) is 4.79. The number of hydrogen-bond donors (Lipinski definition) is 1. The standard InChI is InChI=1S/C17H17F2N5O2/c1-10-8-20-24(9-11-7-12(18)3-4-13(11)19)16(10)21-17(26)14-5-6-15(25)23(2)22-14/h3-4,7-8H,5-6,9H2,1-2H3,(H,21,26). The highest BCUT2D eigenvalue weighted by Crippen LogP contribution is 2.19. The minimum Gasteiger partial charge on any atom is -0.305 e. The largest absolute Gasteiger partial charge is 0.305 e. The number of rotatable bonds is 4. The van der Waals surface area contributed by atoms with Crippen LogP contribution in [0.4, 0.5) is 14.6 Å². The number of carbonyl (C=O) groups is 2. The van der Waals surface area contributed by atoms with Crippen molar-refractivity contribution in [2.24, 2.45) is 5.10 Å². The van der Waals surface area contributed by atoms with E-state index in [1.165, 1.54) is 17.9 Å². The van der Waals surface area contributed by atoms with Gasteiger partial charge in [0.05, 0.1) is 12.7 Å². The summed E-state index contributed by atoms with van der Waals surface area (Å²) in [5.74, 6) is -1.38. The Morgan fingerprint density at radius 3 is 2.81 bits per heavy atom. The summed E-state index contributed by atoms with van der Waals surface area (Å²) in [7, 11) is 1.48. The van der Waals surface area contributed by atoms with Crippen LogP contribution in [0.1, 0.15) is 24.0 Å². The van der Waals surface area contributed by atoms with Crippen LogP contribution in [0.3, 0.4) is 0 Å². The second-order valence-electron chi connectivity index (χ2n) is 5.99. The Labute approximate surface area is 148 Å². The van der Waals surface area contributed by atoms with Crippen molar-refractivity contribution in [3.8, 4) is 0 Å². The minimum atomic E-state index is -0.561. The van der Waals surface area contributed by atoms with Gasteiger partial charge in [0.1, 0.15) is 23.2 Å². The van der Waals surface area contributed by atoms with Crippen LogP contribution in [0.2, 0.25) is 0 Å². The van der Waals surface area contributed by atoms with E-state index in [0.717, 1.165) is 23.2 Å². The molecule has 0 unspecified atom stereocenters. The fraction of sp³-hybridized carbons (Fsp3) is 0.294. The molecule has 1 aromatic heterocycles. The molecule has 0 bridgehead atoms. The minimum absolute atomic E-state index is 0.0437. The van der Waals surface area contributed by atoms with Gasteiger partial charge < -0.3 is 5.32 Å². The monoisotopic (exact) mass is 361 g/mol. The normalized spacial score (nSPS) is 14.4. The van der Waals surface area contributed by atoms with Gasteiger partial charge in [-0.1, -0.05) is 0 Å². The summed E-state index contributed by atoms with van der Waals surface area (Å²) in [5, 5.41) is 11.9. The van der Waals surface area contributed by atoms with Gasteiger partial charge in [-0.2, -0.15) is 10.2 Å². The topological polar surface area (TPSA) is 79.6 Å². The summed E-state index contributed by atoms with van der Waals surface area (Å²) < 4.78 is 28.6. The summed E-state index contributed by atoms with van der Waals surface area (Å²) in [6.45, 7) is 1.69. The first-order valence-electron chi connectivity index (χ1n) is 7.97. The average molecular weight is 361 g/mol. The van der Waals surface area contributed by atoms with Gasteiger partial charge in [-0.3, -0.25) is 9.59 Å². The van der Waals surface area contributed by atoms with Gasteiger partial charge in [-0.25, -0.2) is 18.5 Å². The van der Waals surface area contributed by atoms with E-state index in [2.05, 4.69) is 15.5 Å². The molecule has 0 saturated heterocycles. The molecular formula is C17H17F2N5O2. The quantitative estimate of drug-likeness (QED) is 0.905. The maximum absolute atomic E-state index is 13.9. The van der Waals surface area contributed by atoms with Crippen molar-refractivity contribution in [1.82, 2.24) is 14.8 Å². The van der Waals surface area contributed by atoms with E-state index in [-0.39, 0.29) is 36.6 Å². The molecule has 26 heavy (non-hydrogen) atoms. The fourth-order valence-electron chi connectivity index (χ4n) is 2.60.